The summed E-state index contributed by atoms with van der Waals surface area (Å²) in [5, 5.41) is 13.1. The average molecular weight is 302 g/mol. The van der Waals surface area contributed by atoms with Crippen LogP contribution in [0.5, 0.6) is 0 Å². The second-order valence-electron chi connectivity index (χ2n) is 4.53. The molecule has 19 heavy (non-hydrogen) atoms. The third-order valence-corrected chi connectivity index (χ3v) is 3.99. The Hall–Kier alpha value is -0.850. The molecule has 0 aromatic carbocycles. The summed E-state index contributed by atoms with van der Waals surface area (Å²) in [5.74, 6) is -0.274. The number of nitrogens with zero attached hydrogens (tertiary/aromatic N) is 2. The molecular weight excluding hydrogens is 286 g/mol. The van der Waals surface area contributed by atoms with Crippen LogP contribution in [0.25, 0.3) is 0 Å². The predicted molar refractivity (Wildman–Crippen MR) is 74.6 cm³/mol. The maximum atomic E-state index is 12.1. The summed E-state index contributed by atoms with van der Waals surface area (Å²) in [7, 11) is 0. The van der Waals surface area contributed by atoms with Gasteiger partial charge in [0, 0.05) is 6.04 Å². The summed E-state index contributed by atoms with van der Waals surface area (Å²) in [5.41, 5.74) is 0.215. The van der Waals surface area contributed by atoms with Gasteiger partial charge in [-0.15, -0.1) is 0 Å². The fourth-order valence-electron chi connectivity index (χ4n) is 2.08. The molecule has 2 rings (SSSR count). The molecule has 0 saturated heterocycles. The number of aliphatic hydroxyl groups excluding tert-OH is 1. The standard InChI is InChI=1S/C12H16ClN3O2S/c1-19-12-14-6-9(13)10(16-12)11(18)15-7-2-4-8(17)5-3-7/h6-8,17H,2-5H2,1H3,(H,15,18). The molecule has 0 atom stereocenters. The lowest BCUT2D eigenvalue weighted by molar-refractivity contribution is 0.0862. The highest BCUT2D eigenvalue weighted by Crippen LogP contribution is 2.20. The van der Waals surface area contributed by atoms with E-state index in [4.69, 9.17) is 11.6 Å². The molecule has 0 aliphatic heterocycles. The van der Waals surface area contributed by atoms with Crippen LogP contribution in [0.4, 0.5) is 0 Å². The Morgan fingerprint density at radius 2 is 2.16 bits per heavy atom. The summed E-state index contributed by atoms with van der Waals surface area (Å²) < 4.78 is 0. The Morgan fingerprint density at radius 3 is 2.79 bits per heavy atom. The summed E-state index contributed by atoms with van der Waals surface area (Å²) in [6.07, 6.45) is 6.05. The van der Waals surface area contributed by atoms with Crippen molar-refractivity contribution in [1.82, 2.24) is 15.3 Å². The van der Waals surface area contributed by atoms with Crippen LogP contribution in [0.3, 0.4) is 0 Å². The van der Waals surface area contributed by atoms with Crippen molar-refractivity contribution in [2.45, 2.75) is 43.0 Å². The molecule has 1 amide bonds. The van der Waals surface area contributed by atoms with Gasteiger partial charge in [-0.25, -0.2) is 9.97 Å². The molecule has 1 aliphatic carbocycles. The Morgan fingerprint density at radius 1 is 1.47 bits per heavy atom. The molecule has 1 heterocycles. The third-order valence-electron chi connectivity index (χ3n) is 3.15. The number of nitrogens with one attached hydrogen (secondary N) is 1. The van der Waals surface area contributed by atoms with E-state index < -0.39 is 0 Å². The van der Waals surface area contributed by atoms with Crippen LogP contribution in [0, 0.1) is 0 Å². The van der Waals surface area contributed by atoms with Gasteiger partial charge in [0.25, 0.3) is 5.91 Å². The van der Waals surface area contributed by atoms with Crippen molar-refractivity contribution < 1.29 is 9.90 Å². The van der Waals surface area contributed by atoms with E-state index in [9.17, 15) is 9.90 Å². The first kappa shape index (κ1) is 14.6. The lowest BCUT2D eigenvalue weighted by atomic mass is 9.93. The van der Waals surface area contributed by atoms with Crippen molar-refractivity contribution in [3.63, 3.8) is 0 Å². The number of hydrogen-bond donors (Lipinski definition) is 2. The summed E-state index contributed by atoms with van der Waals surface area (Å²) >= 11 is 7.32. The number of thioether (sulfide) groups is 1. The number of carbonyl (C=O) groups is 1. The molecule has 104 valence electrons. The van der Waals surface area contributed by atoms with Crippen molar-refractivity contribution in [1.29, 1.82) is 0 Å². The normalized spacial score (nSPS) is 23.1. The molecule has 1 saturated carbocycles. The van der Waals surface area contributed by atoms with Gasteiger partial charge in [-0.3, -0.25) is 4.79 Å². The molecule has 0 unspecified atom stereocenters. The minimum atomic E-state index is -0.274. The fourth-order valence-corrected chi connectivity index (χ4v) is 2.60. The minimum Gasteiger partial charge on any atom is -0.393 e. The molecule has 1 aliphatic rings. The monoisotopic (exact) mass is 301 g/mol. The van der Waals surface area contributed by atoms with Gasteiger partial charge in [-0.05, 0) is 31.9 Å². The van der Waals surface area contributed by atoms with Gasteiger partial charge in [0.15, 0.2) is 10.9 Å². The summed E-state index contributed by atoms with van der Waals surface area (Å²) in [4.78, 5) is 20.3. The molecular formula is C12H16ClN3O2S. The van der Waals surface area contributed by atoms with Gasteiger partial charge in [-0.2, -0.15) is 0 Å². The number of carbonyl (C=O) groups excluding carboxylic acids is 1. The molecule has 5 nitrogen and oxygen atoms in total. The van der Waals surface area contributed by atoms with Crippen LogP contribution >= 0.6 is 23.4 Å². The van der Waals surface area contributed by atoms with Crippen molar-refractivity contribution in [2.24, 2.45) is 0 Å². The summed E-state index contributed by atoms with van der Waals surface area (Å²) in [6.45, 7) is 0. The maximum Gasteiger partial charge on any atom is 0.271 e. The molecule has 0 spiro atoms. The molecule has 7 heteroatoms. The molecule has 1 fully saturated rings. The number of amides is 1. The predicted octanol–water partition coefficient (Wildman–Crippen LogP) is 1.89. The quantitative estimate of drug-likeness (QED) is 0.658. The van der Waals surface area contributed by atoms with E-state index in [1.54, 1.807) is 0 Å². The van der Waals surface area contributed by atoms with Gasteiger partial charge in [0.1, 0.15) is 0 Å². The van der Waals surface area contributed by atoms with E-state index in [1.807, 2.05) is 6.26 Å². The largest absolute Gasteiger partial charge is 0.393 e. The van der Waals surface area contributed by atoms with E-state index in [0.29, 0.717) is 5.16 Å². The van der Waals surface area contributed by atoms with Gasteiger partial charge in [0.05, 0.1) is 17.3 Å². The first-order valence-electron chi connectivity index (χ1n) is 6.15. The smallest absolute Gasteiger partial charge is 0.271 e. The Bertz CT molecular complexity index is 464. The van der Waals surface area contributed by atoms with E-state index in [2.05, 4.69) is 15.3 Å². The van der Waals surface area contributed by atoms with Crippen molar-refractivity contribution in [3.05, 3.63) is 16.9 Å². The fraction of sp³-hybridized carbons (Fsp3) is 0.583. The average Bonchev–Trinajstić information content (AvgIpc) is 2.42. The lowest BCUT2D eigenvalue weighted by Crippen LogP contribution is -2.39. The number of halogens is 1. The van der Waals surface area contributed by atoms with Gasteiger partial charge in [-0.1, -0.05) is 23.4 Å². The van der Waals surface area contributed by atoms with Crippen molar-refractivity contribution >= 4 is 29.3 Å². The van der Waals surface area contributed by atoms with Crippen molar-refractivity contribution in [2.75, 3.05) is 6.26 Å². The maximum absolute atomic E-state index is 12.1. The highest BCUT2D eigenvalue weighted by atomic mass is 35.5. The Balaban J connectivity index is 2.03. The highest BCUT2D eigenvalue weighted by Gasteiger charge is 2.23. The van der Waals surface area contributed by atoms with Gasteiger partial charge in [0.2, 0.25) is 0 Å². The van der Waals surface area contributed by atoms with E-state index in [0.717, 1.165) is 25.7 Å². The Kier molecular flexibility index (Phi) is 5.01. The van der Waals surface area contributed by atoms with E-state index in [1.165, 1.54) is 18.0 Å². The van der Waals surface area contributed by atoms with E-state index >= 15 is 0 Å². The number of rotatable bonds is 3. The lowest BCUT2D eigenvalue weighted by Gasteiger charge is -2.26. The van der Waals surface area contributed by atoms with Crippen LogP contribution < -0.4 is 5.32 Å². The molecule has 1 aromatic rings. The van der Waals surface area contributed by atoms with Crippen molar-refractivity contribution in [3.8, 4) is 0 Å². The highest BCUT2D eigenvalue weighted by molar-refractivity contribution is 7.98. The second-order valence-corrected chi connectivity index (χ2v) is 5.71. The number of hydrogen-bond acceptors (Lipinski definition) is 5. The zero-order valence-electron chi connectivity index (χ0n) is 10.6. The Labute approximate surface area is 121 Å². The van der Waals surface area contributed by atoms with Gasteiger partial charge >= 0.3 is 0 Å². The minimum absolute atomic E-state index is 0.0830. The zero-order valence-corrected chi connectivity index (χ0v) is 12.2. The van der Waals surface area contributed by atoms with Crippen LogP contribution in [0.1, 0.15) is 36.2 Å². The van der Waals surface area contributed by atoms with Crippen LogP contribution in [0.15, 0.2) is 11.4 Å². The van der Waals surface area contributed by atoms with Crippen LogP contribution in [-0.4, -0.2) is 39.4 Å². The zero-order chi connectivity index (χ0) is 13.8. The summed E-state index contributed by atoms with van der Waals surface area (Å²) in [6, 6.07) is 0.0830. The third kappa shape index (κ3) is 3.81. The van der Waals surface area contributed by atoms with E-state index in [-0.39, 0.29) is 28.8 Å². The topological polar surface area (TPSA) is 75.1 Å². The van der Waals surface area contributed by atoms with Crippen LogP contribution in [-0.2, 0) is 0 Å². The first-order chi connectivity index (χ1) is 9.10. The van der Waals surface area contributed by atoms with Gasteiger partial charge < -0.3 is 10.4 Å². The SMILES string of the molecule is CSc1ncc(Cl)c(C(=O)NC2CCC(O)CC2)n1. The second kappa shape index (κ2) is 6.54. The molecule has 1 aromatic heterocycles. The number of aliphatic hydroxyl groups is 1. The molecule has 0 bridgehead atoms. The van der Waals surface area contributed by atoms with Crippen LogP contribution in [0.2, 0.25) is 5.02 Å². The molecule has 0 radical (unpaired) electrons. The number of aromatic nitrogens is 2. The molecule has 2 N–H and O–H groups in total. The first-order valence-corrected chi connectivity index (χ1v) is 7.76.